The van der Waals surface area contributed by atoms with Gasteiger partial charge in [0.25, 0.3) is 5.91 Å². The van der Waals surface area contributed by atoms with Crippen LogP contribution < -0.4 is 15.9 Å². The minimum Gasteiger partial charge on any atom is -0.435 e. The maximum absolute atomic E-state index is 12.0. The molecule has 132 valence electrons. The summed E-state index contributed by atoms with van der Waals surface area (Å²) in [6.45, 7) is -2.91. The zero-order chi connectivity index (χ0) is 18.6. The molecule has 0 aliphatic rings. The van der Waals surface area contributed by atoms with Crippen LogP contribution >= 0.6 is 34.8 Å². The zero-order valence-corrected chi connectivity index (χ0v) is 14.4. The van der Waals surface area contributed by atoms with Crippen LogP contribution in [0.2, 0.25) is 15.2 Å². The van der Waals surface area contributed by atoms with E-state index in [1.165, 1.54) is 30.5 Å². The summed E-state index contributed by atoms with van der Waals surface area (Å²) in [5.41, 5.74) is 8.00. The molecule has 0 spiro atoms. The van der Waals surface area contributed by atoms with E-state index in [1.807, 2.05) is 0 Å². The van der Waals surface area contributed by atoms with Crippen LogP contribution in [0.4, 0.5) is 14.5 Å². The van der Waals surface area contributed by atoms with Crippen LogP contribution in [-0.4, -0.2) is 23.7 Å². The molecular weight excluding hydrogens is 401 g/mol. The number of hydrazone groups is 1. The van der Waals surface area contributed by atoms with E-state index in [1.54, 1.807) is 0 Å². The smallest absolute Gasteiger partial charge is 0.387 e. The van der Waals surface area contributed by atoms with Crippen molar-refractivity contribution in [3.63, 3.8) is 0 Å². The maximum Gasteiger partial charge on any atom is 0.387 e. The quantitative estimate of drug-likeness (QED) is 0.444. The minimum atomic E-state index is -2.91. The molecule has 0 saturated heterocycles. The summed E-state index contributed by atoms with van der Waals surface area (Å²) in [4.78, 5) is 15.8. The van der Waals surface area contributed by atoms with Crippen LogP contribution in [0.5, 0.6) is 5.75 Å². The van der Waals surface area contributed by atoms with Crippen molar-refractivity contribution in [2.24, 2.45) is 5.10 Å². The van der Waals surface area contributed by atoms with E-state index in [-0.39, 0.29) is 32.3 Å². The van der Waals surface area contributed by atoms with Gasteiger partial charge in [0.2, 0.25) is 0 Å². The number of hydrogen-bond donors (Lipinski definition) is 2. The van der Waals surface area contributed by atoms with Gasteiger partial charge in [0.1, 0.15) is 10.8 Å². The second-order valence-corrected chi connectivity index (χ2v) is 5.55. The lowest BCUT2D eigenvalue weighted by Gasteiger charge is -2.07. The second kappa shape index (κ2) is 8.28. The number of nitrogens with zero attached hydrogens (tertiary/aromatic N) is 2. The van der Waals surface area contributed by atoms with Gasteiger partial charge in [0.15, 0.2) is 10.8 Å². The summed E-state index contributed by atoms with van der Waals surface area (Å²) < 4.78 is 28.3. The van der Waals surface area contributed by atoms with Gasteiger partial charge in [-0.1, -0.05) is 34.8 Å². The Kier molecular flexibility index (Phi) is 6.35. The fourth-order valence-electron chi connectivity index (χ4n) is 1.64. The Balaban J connectivity index is 2.06. The van der Waals surface area contributed by atoms with E-state index in [2.05, 4.69) is 20.2 Å². The normalized spacial score (nSPS) is 11.1. The highest BCUT2D eigenvalue weighted by atomic mass is 35.5. The van der Waals surface area contributed by atoms with Crippen LogP contribution in [0.1, 0.15) is 16.1 Å². The summed E-state index contributed by atoms with van der Waals surface area (Å²) >= 11 is 17.4. The third-order valence-corrected chi connectivity index (χ3v) is 3.91. The first-order valence-electron chi connectivity index (χ1n) is 6.48. The largest absolute Gasteiger partial charge is 0.435 e. The Morgan fingerprint density at radius 2 is 1.88 bits per heavy atom. The van der Waals surface area contributed by atoms with Crippen LogP contribution in [0.25, 0.3) is 0 Å². The lowest BCUT2D eigenvalue weighted by molar-refractivity contribution is -0.0498. The molecule has 0 atom stereocenters. The third kappa shape index (κ3) is 4.91. The number of rotatable bonds is 5. The number of benzene rings is 1. The van der Waals surface area contributed by atoms with Crippen molar-refractivity contribution >= 4 is 52.6 Å². The van der Waals surface area contributed by atoms with E-state index in [9.17, 15) is 13.6 Å². The number of carbonyl (C=O) groups is 1. The van der Waals surface area contributed by atoms with Gasteiger partial charge in [0, 0.05) is 0 Å². The average molecular weight is 410 g/mol. The number of nitrogens with two attached hydrogens (primary N) is 1. The maximum atomic E-state index is 12.0. The molecule has 3 N–H and O–H groups in total. The summed E-state index contributed by atoms with van der Waals surface area (Å²) in [6, 6.07) is 5.59. The Bertz CT molecular complexity index is 817. The number of carbonyl (C=O) groups excluding carboxylic acids is 1. The molecule has 2 aromatic rings. The monoisotopic (exact) mass is 408 g/mol. The molecule has 0 radical (unpaired) electrons. The van der Waals surface area contributed by atoms with Crippen molar-refractivity contribution in [1.29, 1.82) is 0 Å². The Labute approximate surface area is 155 Å². The summed E-state index contributed by atoms with van der Waals surface area (Å²) in [7, 11) is 0. The number of hydrogen-bond acceptors (Lipinski definition) is 5. The van der Waals surface area contributed by atoms with E-state index in [4.69, 9.17) is 40.5 Å². The number of pyridine rings is 1. The lowest BCUT2D eigenvalue weighted by Crippen LogP contribution is -2.20. The van der Waals surface area contributed by atoms with Crippen molar-refractivity contribution in [2.75, 3.05) is 5.73 Å². The lowest BCUT2D eigenvalue weighted by atomic mass is 10.2. The molecule has 0 aliphatic heterocycles. The molecule has 2 rings (SSSR count). The van der Waals surface area contributed by atoms with Gasteiger partial charge in [-0.2, -0.15) is 13.9 Å². The van der Waals surface area contributed by atoms with E-state index in [0.717, 1.165) is 0 Å². The first kappa shape index (κ1) is 19.2. The van der Waals surface area contributed by atoms with E-state index >= 15 is 0 Å². The molecule has 11 heteroatoms. The molecular formula is C14H9Cl3F2N4O2. The average Bonchev–Trinajstić information content (AvgIpc) is 2.57. The predicted molar refractivity (Wildman–Crippen MR) is 91.8 cm³/mol. The number of amides is 1. The molecule has 1 aromatic carbocycles. The van der Waals surface area contributed by atoms with E-state index < -0.39 is 12.5 Å². The van der Waals surface area contributed by atoms with Gasteiger partial charge in [-0.3, -0.25) is 4.79 Å². The van der Waals surface area contributed by atoms with Crippen LogP contribution in [-0.2, 0) is 0 Å². The second-order valence-electron chi connectivity index (χ2n) is 4.44. The number of nitrogen functional groups attached to an aromatic ring is 1. The minimum absolute atomic E-state index is 0.00144. The Morgan fingerprint density at radius 3 is 2.48 bits per heavy atom. The van der Waals surface area contributed by atoms with Crippen LogP contribution in [0.15, 0.2) is 29.4 Å². The van der Waals surface area contributed by atoms with Crippen LogP contribution in [0, 0.1) is 0 Å². The number of anilines is 1. The highest BCUT2D eigenvalue weighted by molar-refractivity contribution is 6.46. The Morgan fingerprint density at radius 1 is 1.24 bits per heavy atom. The first-order valence-corrected chi connectivity index (χ1v) is 7.61. The van der Waals surface area contributed by atoms with Crippen molar-refractivity contribution in [2.45, 2.75) is 6.61 Å². The molecule has 1 aromatic heterocycles. The highest BCUT2D eigenvalue weighted by Gasteiger charge is 2.19. The predicted octanol–water partition coefficient (Wildman–Crippen LogP) is 3.99. The molecule has 0 unspecified atom stereocenters. The molecule has 0 fully saturated rings. The molecule has 6 nitrogen and oxygen atoms in total. The molecule has 1 heterocycles. The highest BCUT2D eigenvalue weighted by Crippen LogP contribution is 2.34. The molecule has 0 bridgehead atoms. The fourth-order valence-corrected chi connectivity index (χ4v) is 2.23. The van der Waals surface area contributed by atoms with Gasteiger partial charge in [0.05, 0.1) is 16.9 Å². The fraction of sp³-hybridized carbons (Fsp3) is 0.0714. The van der Waals surface area contributed by atoms with Gasteiger partial charge in [-0.05, 0) is 29.8 Å². The molecule has 0 aliphatic carbocycles. The number of ether oxygens (including phenoxy) is 1. The molecule has 1 amide bonds. The summed E-state index contributed by atoms with van der Waals surface area (Å²) in [6.07, 6.45) is 1.28. The zero-order valence-electron chi connectivity index (χ0n) is 12.1. The van der Waals surface area contributed by atoms with Gasteiger partial charge >= 0.3 is 6.61 Å². The number of nitrogens with one attached hydrogen (secondary N) is 1. The van der Waals surface area contributed by atoms with E-state index in [0.29, 0.717) is 5.56 Å². The van der Waals surface area contributed by atoms with Gasteiger partial charge in [-0.25, -0.2) is 10.4 Å². The van der Waals surface area contributed by atoms with Crippen molar-refractivity contribution in [3.05, 3.63) is 50.7 Å². The number of aromatic nitrogens is 1. The Hall–Kier alpha value is -2.16. The summed E-state index contributed by atoms with van der Waals surface area (Å²) in [5, 5.41) is 3.31. The number of halogens is 5. The molecule has 0 saturated carbocycles. The summed E-state index contributed by atoms with van der Waals surface area (Å²) in [5.74, 6) is -0.761. The van der Waals surface area contributed by atoms with Crippen molar-refractivity contribution in [1.82, 2.24) is 10.4 Å². The molecule has 25 heavy (non-hydrogen) atoms. The SMILES string of the molecule is Nc1c(Cl)c(Cl)nc(C(=O)N/N=C\c2ccc(OC(F)F)cc2)c1Cl. The first-order chi connectivity index (χ1) is 11.8. The van der Waals surface area contributed by atoms with Gasteiger partial charge in [-0.15, -0.1) is 0 Å². The van der Waals surface area contributed by atoms with Crippen molar-refractivity contribution < 1.29 is 18.3 Å². The van der Waals surface area contributed by atoms with Crippen molar-refractivity contribution in [3.8, 4) is 5.75 Å². The topological polar surface area (TPSA) is 89.6 Å². The van der Waals surface area contributed by atoms with Crippen LogP contribution in [0.3, 0.4) is 0 Å². The van der Waals surface area contributed by atoms with Gasteiger partial charge < -0.3 is 10.5 Å². The standard InChI is InChI=1S/C14H9Cl3F2N4O2/c15-8-10(20)9(16)12(17)22-11(8)13(24)23-21-5-6-1-3-7(4-2-6)25-14(18)19/h1-5,14H,(H2,20,22)(H,23,24)/b21-5-. The number of alkyl halides is 2. The third-order valence-electron chi connectivity index (χ3n) is 2.77.